The van der Waals surface area contributed by atoms with Crippen molar-refractivity contribution in [1.29, 1.82) is 0 Å². The highest BCUT2D eigenvalue weighted by atomic mass is 32.1. The van der Waals surface area contributed by atoms with Crippen LogP contribution in [0.4, 0.5) is 0 Å². The van der Waals surface area contributed by atoms with Crippen molar-refractivity contribution in [2.24, 2.45) is 5.92 Å². The zero-order valence-corrected chi connectivity index (χ0v) is 20.7. The molecular weight excluding hydrogens is 422 g/mol. The average Bonchev–Trinajstić information content (AvgIpc) is 3.23. The van der Waals surface area contributed by atoms with Crippen LogP contribution in [0.1, 0.15) is 45.9 Å². The van der Waals surface area contributed by atoms with Gasteiger partial charge in [-0.1, -0.05) is 58.9 Å². The number of benzene rings is 2. The second-order valence-electron chi connectivity index (χ2n) is 10.2. The molecule has 3 nitrogen and oxygen atoms in total. The molecule has 0 N–H and O–H groups in total. The molecule has 0 atom stereocenters. The fourth-order valence-electron chi connectivity index (χ4n) is 4.49. The minimum Gasteiger partial charge on any atom is -0.260 e. The fourth-order valence-corrected chi connectivity index (χ4v) is 5.55. The second-order valence-corrected chi connectivity index (χ2v) is 11.0. The highest BCUT2D eigenvalue weighted by Gasteiger charge is 2.19. The number of hydrogen-bond donors (Lipinski definition) is 0. The Labute approximate surface area is 199 Å². The lowest BCUT2D eigenvalue weighted by atomic mass is 9.82. The van der Waals surface area contributed by atoms with E-state index in [1.807, 2.05) is 6.20 Å². The third-order valence-electron chi connectivity index (χ3n) is 6.07. The lowest BCUT2D eigenvalue weighted by Crippen LogP contribution is -2.12. The molecule has 2 aromatic carbocycles. The number of nitrogens with zero attached hydrogens (tertiary/aromatic N) is 3. The maximum absolute atomic E-state index is 4.67. The molecule has 3 aromatic heterocycles. The summed E-state index contributed by atoms with van der Waals surface area (Å²) in [5.41, 5.74) is 6.74. The Hall–Kier alpha value is -3.11. The van der Waals surface area contributed by atoms with Gasteiger partial charge in [0.25, 0.3) is 0 Å². The van der Waals surface area contributed by atoms with Crippen molar-refractivity contribution in [2.45, 2.75) is 46.5 Å². The zero-order valence-electron chi connectivity index (χ0n) is 19.9. The molecule has 0 fully saturated rings. The molecule has 4 heteroatoms. The Bertz CT molecular complexity index is 1460. The van der Waals surface area contributed by atoms with Crippen molar-refractivity contribution in [2.75, 3.05) is 0 Å². The van der Waals surface area contributed by atoms with Gasteiger partial charge in [-0.2, -0.15) is 0 Å². The van der Waals surface area contributed by atoms with Crippen LogP contribution >= 0.6 is 11.3 Å². The number of thiophene rings is 1. The highest BCUT2D eigenvalue weighted by molar-refractivity contribution is 7.18. The van der Waals surface area contributed by atoms with E-state index in [0.29, 0.717) is 5.92 Å². The minimum atomic E-state index is 0.0366. The first-order valence-corrected chi connectivity index (χ1v) is 12.4. The number of rotatable bonds is 4. The predicted octanol–water partition coefficient (Wildman–Crippen LogP) is 8.07. The van der Waals surface area contributed by atoms with Crippen LogP contribution in [0.2, 0.25) is 0 Å². The topological polar surface area (TPSA) is 38.7 Å². The van der Waals surface area contributed by atoms with Crippen LogP contribution < -0.4 is 0 Å². The van der Waals surface area contributed by atoms with Crippen molar-refractivity contribution in [3.63, 3.8) is 0 Å². The number of hydrogen-bond acceptors (Lipinski definition) is 4. The van der Waals surface area contributed by atoms with E-state index in [1.54, 1.807) is 17.7 Å². The maximum atomic E-state index is 4.67. The normalized spacial score (nSPS) is 12.2. The molecule has 166 valence electrons. The standard InChI is InChI=1S/C29H29N3S/c1-18(2)12-27-28-22(10-11-30-27)23(16-33-28)26-15-25(31-17-32-26)20-13-19-8-6-7-9-21(19)24(14-20)29(3,4)5/h6-11,13-18H,12H2,1-5H3. The molecule has 0 aliphatic rings. The summed E-state index contributed by atoms with van der Waals surface area (Å²) in [6.07, 6.45) is 4.60. The summed E-state index contributed by atoms with van der Waals surface area (Å²) < 4.78 is 1.27. The van der Waals surface area contributed by atoms with Crippen molar-refractivity contribution in [3.8, 4) is 22.5 Å². The molecule has 5 aromatic rings. The van der Waals surface area contributed by atoms with Gasteiger partial charge < -0.3 is 0 Å². The minimum absolute atomic E-state index is 0.0366. The molecule has 0 radical (unpaired) electrons. The van der Waals surface area contributed by atoms with E-state index in [2.05, 4.69) is 103 Å². The van der Waals surface area contributed by atoms with Crippen molar-refractivity contribution in [3.05, 3.63) is 77.7 Å². The van der Waals surface area contributed by atoms with Crippen LogP contribution in [0.5, 0.6) is 0 Å². The van der Waals surface area contributed by atoms with Gasteiger partial charge in [0.2, 0.25) is 0 Å². The fraction of sp³-hybridized carbons (Fsp3) is 0.276. The van der Waals surface area contributed by atoms with Gasteiger partial charge >= 0.3 is 0 Å². The van der Waals surface area contributed by atoms with E-state index in [4.69, 9.17) is 0 Å². The molecule has 0 saturated carbocycles. The van der Waals surface area contributed by atoms with Crippen LogP contribution in [0.15, 0.2) is 66.4 Å². The molecule has 0 amide bonds. The first kappa shape index (κ1) is 21.7. The highest BCUT2D eigenvalue weighted by Crippen LogP contribution is 2.37. The Balaban J connectivity index is 1.64. The van der Waals surface area contributed by atoms with Crippen LogP contribution in [-0.4, -0.2) is 15.0 Å². The molecule has 0 saturated heterocycles. The quantitative estimate of drug-likeness (QED) is 0.277. The van der Waals surface area contributed by atoms with E-state index in [-0.39, 0.29) is 5.41 Å². The Morgan fingerprint density at radius 2 is 1.67 bits per heavy atom. The lowest BCUT2D eigenvalue weighted by Gasteiger charge is -2.22. The second kappa shape index (κ2) is 8.35. The first-order chi connectivity index (χ1) is 15.8. The van der Waals surface area contributed by atoms with Gasteiger partial charge in [0.1, 0.15) is 6.33 Å². The third kappa shape index (κ3) is 4.16. The predicted molar refractivity (Wildman–Crippen MR) is 141 cm³/mol. The molecule has 0 aliphatic carbocycles. The van der Waals surface area contributed by atoms with Gasteiger partial charge in [-0.3, -0.25) is 4.98 Å². The van der Waals surface area contributed by atoms with Crippen LogP contribution in [0.3, 0.4) is 0 Å². The van der Waals surface area contributed by atoms with Crippen LogP contribution in [0, 0.1) is 5.92 Å². The molecule has 3 heterocycles. The number of aromatic nitrogens is 3. The summed E-state index contributed by atoms with van der Waals surface area (Å²) in [5.74, 6) is 0.573. The van der Waals surface area contributed by atoms with E-state index >= 15 is 0 Å². The summed E-state index contributed by atoms with van der Waals surface area (Å²) in [4.78, 5) is 14.0. The van der Waals surface area contributed by atoms with Crippen molar-refractivity contribution in [1.82, 2.24) is 15.0 Å². The van der Waals surface area contributed by atoms with E-state index in [1.165, 1.54) is 32.1 Å². The van der Waals surface area contributed by atoms with Crippen molar-refractivity contribution < 1.29 is 0 Å². The largest absolute Gasteiger partial charge is 0.260 e. The Kier molecular flexibility index (Phi) is 5.49. The van der Waals surface area contributed by atoms with Gasteiger partial charge in [-0.25, -0.2) is 9.97 Å². The molecule has 0 bridgehead atoms. The molecular formula is C29H29N3S. The van der Waals surface area contributed by atoms with E-state index < -0.39 is 0 Å². The number of pyridine rings is 1. The average molecular weight is 452 g/mol. The zero-order chi connectivity index (χ0) is 23.2. The molecule has 0 spiro atoms. The summed E-state index contributed by atoms with van der Waals surface area (Å²) in [5, 5.41) is 5.98. The van der Waals surface area contributed by atoms with Gasteiger partial charge in [-0.05, 0) is 58.4 Å². The van der Waals surface area contributed by atoms with Crippen molar-refractivity contribution >= 4 is 32.2 Å². The summed E-state index contributed by atoms with van der Waals surface area (Å²) in [6, 6.07) is 17.4. The van der Waals surface area contributed by atoms with Crippen LogP contribution in [0.25, 0.3) is 43.4 Å². The van der Waals surface area contributed by atoms with Gasteiger partial charge in [-0.15, -0.1) is 11.3 Å². The van der Waals surface area contributed by atoms with Gasteiger partial charge in [0.05, 0.1) is 21.8 Å². The number of fused-ring (bicyclic) bond motifs is 2. The molecule has 33 heavy (non-hydrogen) atoms. The summed E-state index contributed by atoms with van der Waals surface area (Å²) in [7, 11) is 0. The molecule has 0 aliphatic heterocycles. The molecule has 0 unspecified atom stereocenters. The third-order valence-corrected chi connectivity index (χ3v) is 7.12. The first-order valence-electron chi connectivity index (χ1n) is 11.5. The van der Waals surface area contributed by atoms with E-state index in [9.17, 15) is 0 Å². The van der Waals surface area contributed by atoms with Gasteiger partial charge in [0, 0.05) is 28.1 Å². The molecule has 5 rings (SSSR count). The van der Waals surface area contributed by atoms with E-state index in [0.717, 1.165) is 28.9 Å². The Morgan fingerprint density at radius 1 is 0.879 bits per heavy atom. The van der Waals surface area contributed by atoms with Gasteiger partial charge in [0.15, 0.2) is 0 Å². The van der Waals surface area contributed by atoms with Crippen LogP contribution in [-0.2, 0) is 11.8 Å². The Morgan fingerprint density at radius 3 is 2.45 bits per heavy atom. The SMILES string of the molecule is CC(C)Cc1nccc2c(-c3cc(-c4cc(C(C)(C)C)c5ccccc5c4)ncn3)csc12. The summed E-state index contributed by atoms with van der Waals surface area (Å²) in [6.45, 7) is 11.3. The smallest absolute Gasteiger partial charge is 0.116 e. The maximum Gasteiger partial charge on any atom is 0.116 e. The summed E-state index contributed by atoms with van der Waals surface area (Å²) >= 11 is 1.76. The monoisotopic (exact) mass is 451 g/mol. The lowest BCUT2D eigenvalue weighted by molar-refractivity contribution is 0.596.